The zero-order valence-corrected chi connectivity index (χ0v) is 13.5. The predicted octanol–water partition coefficient (Wildman–Crippen LogP) is 3.49. The highest BCUT2D eigenvalue weighted by atomic mass is 16.5. The van der Waals surface area contributed by atoms with Crippen molar-refractivity contribution < 1.29 is 19.4 Å². The first-order valence-corrected chi connectivity index (χ1v) is 6.84. The first-order chi connectivity index (χ1) is 9.56. The lowest BCUT2D eigenvalue weighted by atomic mass is 9.98. The summed E-state index contributed by atoms with van der Waals surface area (Å²) in [7, 11) is 3.19. The van der Waals surface area contributed by atoms with Gasteiger partial charge in [-0.3, -0.25) is 4.79 Å². The SMILES string of the molecule is CC.CCOC.COCC(C(=O)O)c1cccc(C)c1. The molecule has 0 aliphatic heterocycles. The first-order valence-electron chi connectivity index (χ1n) is 6.84. The number of carbonyl (C=O) groups is 1. The average Bonchev–Trinajstić information content (AvgIpc) is 2.46. The van der Waals surface area contributed by atoms with Gasteiger partial charge in [-0.1, -0.05) is 43.7 Å². The Bertz CT molecular complexity index is 348. The van der Waals surface area contributed by atoms with Crippen LogP contribution >= 0.6 is 0 Å². The molecule has 0 saturated heterocycles. The molecular formula is C16H28O4. The third-order valence-corrected chi connectivity index (χ3v) is 2.36. The van der Waals surface area contributed by atoms with E-state index in [0.717, 1.165) is 17.7 Å². The van der Waals surface area contributed by atoms with Crippen molar-refractivity contribution in [1.29, 1.82) is 0 Å². The van der Waals surface area contributed by atoms with E-state index < -0.39 is 11.9 Å². The van der Waals surface area contributed by atoms with Crippen molar-refractivity contribution >= 4 is 5.97 Å². The second kappa shape index (κ2) is 14.0. The van der Waals surface area contributed by atoms with Gasteiger partial charge in [0.15, 0.2) is 0 Å². The molecule has 1 N–H and O–H groups in total. The van der Waals surface area contributed by atoms with Gasteiger partial charge in [-0.2, -0.15) is 0 Å². The lowest BCUT2D eigenvalue weighted by Crippen LogP contribution is -2.16. The van der Waals surface area contributed by atoms with Gasteiger partial charge >= 0.3 is 5.97 Å². The Kier molecular flexibility index (Phi) is 14.7. The van der Waals surface area contributed by atoms with Crippen LogP contribution in [0.1, 0.15) is 37.8 Å². The summed E-state index contributed by atoms with van der Waals surface area (Å²) in [5.74, 6) is -1.42. The maximum atomic E-state index is 10.9. The van der Waals surface area contributed by atoms with Gasteiger partial charge in [-0.25, -0.2) is 0 Å². The fraction of sp³-hybridized carbons (Fsp3) is 0.562. The molecule has 116 valence electrons. The highest BCUT2D eigenvalue weighted by Gasteiger charge is 2.19. The molecule has 1 unspecified atom stereocenters. The molecule has 20 heavy (non-hydrogen) atoms. The third-order valence-electron chi connectivity index (χ3n) is 2.36. The van der Waals surface area contributed by atoms with Gasteiger partial charge in [-0.15, -0.1) is 0 Å². The zero-order chi connectivity index (χ0) is 16.0. The molecule has 0 spiro atoms. The smallest absolute Gasteiger partial charge is 0.313 e. The first kappa shape index (κ1) is 20.9. The summed E-state index contributed by atoms with van der Waals surface area (Å²) in [6.45, 7) is 8.92. The van der Waals surface area contributed by atoms with Crippen molar-refractivity contribution in [3.63, 3.8) is 0 Å². The Morgan fingerprint density at radius 3 is 2.15 bits per heavy atom. The molecule has 1 aromatic rings. The summed E-state index contributed by atoms with van der Waals surface area (Å²) in [5, 5.41) is 8.97. The number of hydrogen-bond acceptors (Lipinski definition) is 3. The van der Waals surface area contributed by atoms with Gasteiger partial charge in [0, 0.05) is 20.8 Å². The van der Waals surface area contributed by atoms with Gasteiger partial charge in [0.25, 0.3) is 0 Å². The molecule has 0 radical (unpaired) electrons. The van der Waals surface area contributed by atoms with Crippen LogP contribution in [0.3, 0.4) is 0 Å². The van der Waals surface area contributed by atoms with E-state index in [-0.39, 0.29) is 6.61 Å². The fourth-order valence-corrected chi connectivity index (χ4v) is 1.36. The van der Waals surface area contributed by atoms with E-state index in [2.05, 4.69) is 4.74 Å². The summed E-state index contributed by atoms with van der Waals surface area (Å²) in [6, 6.07) is 7.48. The quantitative estimate of drug-likeness (QED) is 0.899. The molecule has 0 amide bonds. The highest BCUT2D eigenvalue weighted by Crippen LogP contribution is 2.17. The lowest BCUT2D eigenvalue weighted by molar-refractivity contribution is -0.140. The molecule has 4 nitrogen and oxygen atoms in total. The monoisotopic (exact) mass is 284 g/mol. The maximum absolute atomic E-state index is 10.9. The summed E-state index contributed by atoms with van der Waals surface area (Å²) in [6.07, 6.45) is 0. The van der Waals surface area contributed by atoms with Gasteiger partial charge in [0.2, 0.25) is 0 Å². The molecule has 4 heteroatoms. The van der Waals surface area contributed by atoms with Gasteiger partial charge in [0.05, 0.1) is 6.61 Å². The van der Waals surface area contributed by atoms with Crippen LogP contribution in [-0.2, 0) is 14.3 Å². The summed E-state index contributed by atoms with van der Waals surface area (Å²) in [5.41, 5.74) is 1.85. The molecule has 0 saturated carbocycles. The standard InChI is InChI=1S/C11H14O3.C3H8O.C2H6/c1-8-4-3-5-9(6-8)10(7-14-2)11(12)13;1-3-4-2;1-2/h3-6,10H,7H2,1-2H3,(H,12,13);3H2,1-2H3;1-2H3. The second-order valence-electron chi connectivity index (χ2n) is 3.84. The Labute approximate surface area is 122 Å². The molecule has 0 heterocycles. The van der Waals surface area contributed by atoms with Crippen LogP contribution in [0.5, 0.6) is 0 Å². The minimum Gasteiger partial charge on any atom is -0.481 e. The summed E-state index contributed by atoms with van der Waals surface area (Å²) in [4.78, 5) is 10.9. The highest BCUT2D eigenvalue weighted by molar-refractivity contribution is 5.76. The fourth-order valence-electron chi connectivity index (χ4n) is 1.36. The van der Waals surface area contributed by atoms with Crippen LogP contribution in [0.4, 0.5) is 0 Å². The van der Waals surface area contributed by atoms with E-state index in [4.69, 9.17) is 9.84 Å². The molecule has 0 aliphatic carbocycles. The number of carboxylic acid groups (broad SMARTS) is 1. The van der Waals surface area contributed by atoms with Gasteiger partial charge in [0.1, 0.15) is 5.92 Å². The average molecular weight is 284 g/mol. The summed E-state index contributed by atoms with van der Waals surface area (Å²) < 4.78 is 9.42. The number of aryl methyl sites for hydroxylation is 1. The van der Waals surface area contributed by atoms with E-state index in [1.54, 1.807) is 7.11 Å². The van der Waals surface area contributed by atoms with E-state index >= 15 is 0 Å². The van der Waals surface area contributed by atoms with Crippen molar-refractivity contribution in [1.82, 2.24) is 0 Å². The van der Waals surface area contributed by atoms with Crippen LogP contribution in [-0.4, -0.2) is 38.5 Å². The van der Waals surface area contributed by atoms with E-state index in [1.165, 1.54) is 7.11 Å². The minimum atomic E-state index is -0.850. The van der Waals surface area contributed by atoms with E-state index in [0.29, 0.717) is 0 Å². The van der Waals surface area contributed by atoms with Crippen molar-refractivity contribution in [3.8, 4) is 0 Å². The number of hydrogen-bond donors (Lipinski definition) is 1. The number of rotatable bonds is 5. The number of methoxy groups -OCH3 is 2. The molecule has 1 atom stereocenters. The molecule has 0 bridgehead atoms. The molecule has 0 aromatic heterocycles. The zero-order valence-electron chi connectivity index (χ0n) is 13.5. The Morgan fingerprint density at radius 2 is 1.80 bits per heavy atom. The maximum Gasteiger partial charge on any atom is 0.313 e. The van der Waals surface area contributed by atoms with E-state index in [9.17, 15) is 4.79 Å². The summed E-state index contributed by atoms with van der Waals surface area (Å²) >= 11 is 0. The van der Waals surface area contributed by atoms with Crippen molar-refractivity contribution in [2.45, 2.75) is 33.6 Å². The molecule has 1 rings (SSSR count). The Morgan fingerprint density at radius 1 is 1.25 bits per heavy atom. The van der Waals surface area contributed by atoms with Crippen LogP contribution in [0.15, 0.2) is 24.3 Å². The largest absolute Gasteiger partial charge is 0.481 e. The lowest BCUT2D eigenvalue weighted by Gasteiger charge is -2.11. The van der Waals surface area contributed by atoms with Crippen LogP contribution in [0, 0.1) is 6.92 Å². The number of carboxylic acids is 1. The number of ether oxygens (including phenoxy) is 2. The predicted molar refractivity (Wildman–Crippen MR) is 82.3 cm³/mol. The van der Waals surface area contributed by atoms with Crippen LogP contribution < -0.4 is 0 Å². The van der Waals surface area contributed by atoms with Crippen molar-refractivity contribution in [2.75, 3.05) is 27.4 Å². The second-order valence-corrected chi connectivity index (χ2v) is 3.84. The Hall–Kier alpha value is -1.39. The molecule has 0 fully saturated rings. The Balaban J connectivity index is 0. The third kappa shape index (κ3) is 9.53. The number of benzene rings is 1. The van der Waals surface area contributed by atoms with Gasteiger partial charge in [-0.05, 0) is 19.4 Å². The van der Waals surface area contributed by atoms with Crippen LogP contribution in [0.25, 0.3) is 0 Å². The molecule has 0 aliphatic rings. The minimum absolute atomic E-state index is 0.207. The van der Waals surface area contributed by atoms with Crippen molar-refractivity contribution in [2.24, 2.45) is 0 Å². The topological polar surface area (TPSA) is 55.8 Å². The van der Waals surface area contributed by atoms with Gasteiger partial charge < -0.3 is 14.6 Å². The molecular weight excluding hydrogens is 256 g/mol. The normalized spacial score (nSPS) is 10.5. The van der Waals surface area contributed by atoms with E-state index in [1.807, 2.05) is 52.0 Å². The van der Waals surface area contributed by atoms with Crippen molar-refractivity contribution in [3.05, 3.63) is 35.4 Å². The number of aliphatic carboxylic acids is 1. The van der Waals surface area contributed by atoms with Crippen LogP contribution in [0.2, 0.25) is 0 Å². The molecule has 1 aromatic carbocycles.